The number of rotatable bonds is 7. The summed E-state index contributed by atoms with van der Waals surface area (Å²) in [6.07, 6.45) is 2.69. The van der Waals surface area contributed by atoms with Gasteiger partial charge in [-0.1, -0.05) is 6.92 Å². The molecule has 0 saturated heterocycles. The Kier molecular flexibility index (Phi) is 5.57. The van der Waals surface area contributed by atoms with Gasteiger partial charge in [0.05, 0.1) is 0 Å². The van der Waals surface area contributed by atoms with Crippen molar-refractivity contribution in [1.82, 2.24) is 0 Å². The summed E-state index contributed by atoms with van der Waals surface area (Å²) >= 11 is 0. The first kappa shape index (κ1) is 12.7. The van der Waals surface area contributed by atoms with Gasteiger partial charge in [-0.25, -0.2) is 0 Å². The summed E-state index contributed by atoms with van der Waals surface area (Å²) < 4.78 is 0. The van der Waals surface area contributed by atoms with Gasteiger partial charge in [-0.15, -0.1) is 0 Å². The van der Waals surface area contributed by atoms with Crippen LogP contribution in [-0.2, 0) is 0 Å². The molecular formula is C13H19NO2. The standard InChI is InChI=1S/C13H19NO2/c1-2-8-14(9-3-10-15)13-6-4-12(11-16)5-7-13/h4-7,11,15H,2-3,8-10H2,1H3. The molecule has 0 unspecified atom stereocenters. The SMILES string of the molecule is CCCN(CCCO)c1ccc(C=O)cc1. The zero-order valence-electron chi connectivity index (χ0n) is 9.72. The van der Waals surface area contributed by atoms with E-state index in [2.05, 4.69) is 11.8 Å². The van der Waals surface area contributed by atoms with E-state index in [-0.39, 0.29) is 6.61 Å². The highest BCUT2D eigenvalue weighted by atomic mass is 16.3. The zero-order valence-corrected chi connectivity index (χ0v) is 9.72. The van der Waals surface area contributed by atoms with E-state index in [1.807, 2.05) is 24.3 Å². The summed E-state index contributed by atoms with van der Waals surface area (Å²) in [6.45, 7) is 4.17. The molecule has 0 amide bonds. The molecule has 88 valence electrons. The van der Waals surface area contributed by atoms with Crippen molar-refractivity contribution in [1.29, 1.82) is 0 Å². The average molecular weight is 221 g/mol. The Morgan fingerprint density at radius 2 is 1.94 bits per heavy atom. The van der Waals surface area contributed by atoms with Gasteiger partial charge in [-0.05, 0) is 37.1 Å². The van der Waals surface area contributed by atoms with Gasteiger partial charge in [0.15, 0.2) is 0 Å². The number of carbonyl (C=O) groups is 1. The number of benzene rings is 1. The van der Waals surface area contributed by atoms with Crippen LogP contribution in [0.2, 0.25) is 0 Å². The average Bonchev–Trinajstić information content (AvgIpc) is 2.35. The molecule has 0 aliphatic rings. The first-order valence-electron chi connectivity index (χ1n) is 5.73. The molecule has 0 radical (unpaired) electrons. The number of hydrogen-bond donors (Lipinski definition) is 1. The smallest absolute Gasteiger partial charge is 0.150 e. The maximum Gasteiger partial charge on any atom is 0.150 e. The van der Waals surface area contributed by atoms with Crippen molar-refractivity contribution in [3.05, 3.63) is 29.8 Å². The molecule has 3 nitrogen and oxygen atoms in total. The Bertz CT molecular complexity index is 308. The molecule has 1 aromatic rings. The lowest BCUT2D eigenvalue weighted by molar-refractivity contribution is 0.112. The van der Waals surface area contributed by atoms with Crippen molar-refractivity contribution in [3.63, 3.8) is 0 Å². The Balaban J connectivity index is 2.70. The molecular weight excluding hydrogens is 202 g/mol. The van der Waals surface area contributed by atoms with Gasteiger partial charge in [0.2, 0.25) is 0 Å². The van der Waals surface area contributed by atoms with Gasteiger partial charge in [0.25, 0.3) is 0 Å². The number of aliphatic hydroxyl groups is 1. The summed E-state index contributed by atoms with van der Waals surface area (Å²) in [5.41, 5.74) is 1.81. The van der Waals surface area contributed by atoms with Crippen molar-refractivity contribution >= 4 is 12.0 Å². The van der Waals surface area contributed by atoms with Gasteiger partial charge in [-0.3, -0.25) is 4.79 Å². The Labute approximate surface area is 96.7 Å². The minimum Gasteiger partial charge on any atom is -0.396 e. The summed E-state index contributed by atoms with van der Waals surface area (Å²) in [7, 11) is 0. The van der Waals surface area contributed by atoms with Crippen LogP contribution in [0.4, 0.5) is 5.69 Å². The van der Waals surface area contributed by atoms with Crippen LogP contribution in [0.5, 0.6) is 0 Å². The molecule has 0 aliphatic carbocycles. The topological polar surface area (TPSA) is 40.5 Å². The lowest BCUT2D eigenvalue weighted by Crippen LogP contribution is -2.25. The number of anilines is 1. The second-order valence-corrected chi connectivity index (χ2v) is 3.77. The molecule has 16 heavy (non-hydrogen) atoms. The molecule has 3 heteroatoms. The van der Waals surface area contributed by atoms with Crippen LogP contribution in [0.15, 0.2) is 24.3 Å². The van der Waals surface area contributed by atoms with Gasteiger partial charge in [0.1, 0.15) is 6.29 Å². The van der Waals surface area contributed by atoms with E-state index in [1.165, 1.54) is 0 Å². The molecule has 0 atom stereocenters. The van der Waals surface area contributed by atoms with Crippen molar-refractivity contribution in [2.24, 2.45) is 0 Å². The Hall–Kier alpha value is -1.35. The van der Waals surface area contributed by atoms with E-state index in [9.17, 15) is 4.79 Å². The monoisotopic (exact) mass is 221 g/mol. The molecule has 0 spiro atoms. The summed E-state index contributed by atoms with van der Waals surface area (Å²) in [5.74, 6) is 0. The number of hydrogen-bond acceptors (Lipinski definition) is 3. The molecule has 0 bridgehead atoms. The van der Waals surface area contributed by atoms with Crippen LogP contribution in [0, 0.1) is 0 Å². The predicted molar refractivity (Wildman–Crippen MR) is 66.0 cm³/mol. The summed E-state index contributed by atoms with van der Waals surface area (Å²) in [6, 6.07) is 7.56. The third-order valence-electron chi connectivity index (χ3n) is 2.47. The third kappa shape index (κ3) is 3.66. The van der Waals surface area contributed by atoms with E-state index in [0.717, 1.165) is 37.9 Å². The van der Waals surface area contributed by atoms with Gasteiger partial charge in [-0.2, -0.15) is 0 Å². The number of carbonyl (C=O) groups excluding carboxylic acids is 1. The highest BCUT2D eigenvalue weighted by Crippen LogP contribution is 2.15. The second-order valence-electron chi connectivity index (χ2n) is 3.77. The quantitative estimate of drug-likeness (QED) is 0.717. The number of aldehydes is 1. The van der Waals surface area contributed by atoms with Crippen LogP contribution in [0.3, 0.4) is 0 Å². The molecule has 1 rings (SSSR count). The predicted octanol–water partition coefficient (Wildman–Crippen LogP) is 2.10. The molecule has 1 N–H and O–H groups in total. The first-order chi connectivity index (χ1) is 7.81. The number of nitrogens with zero attached hydrogens (tertiary/aromatic N) is 1. The molecule has 0 fully saturated rings. The molecule has 0 heterocycles. The fraction of sp³-hybridized carbons (Fsp3) is 0.462. The van der Waals surface area contributed by atoms with Crippen molar-refractivity contribution in [2.45, 2.75) is 19.8 Å². The minimum atomic E-state index is 0.215. The van der Waals surface area contributed by atoms with Gasteiger partial charge < -0.3 is 10.0 Å². The van der Waals surface area contributed by atoms with E-state index in [1.54, 1.807) is 0 Å². The second kappa shape index (κ2) is 7.01. The molecule has 0 aromatic heterocycles. The highest BCUT2D eigenvalue weighted by Gasteiger charge is 2.04. The van der Waals surface area contributed by atoms with Crippen molar-refractivity contribution in [2.75, 3.05) is 24.6 Å². The van der Waals surface area contributed by atoms with E-state index < -0.39 is 0 Å². The highest BCUT2D eigenvalue weighted by molar-refractivity contribution is 5.75. The lowest BCUT2D eigenvalue weighted by Gasteiger charge is -2.24. The van der Waals surface area contributed by atoms with E-state index >= 15 is 0 Å². The van der Waals surface area contributed by atoms with Crippen molar-refractivity contribution < 1.29 is 9.90 Å². The fourth-order valence-corrected chi connectivity index (χ4v) is 1.67. The van der Waals surface area contributed by atoms with Crippen LogP contribution >= 0.6 is 0 Å². The van der Waals surface area contributed by atoms with Crippen LogP contribution < -0.4 is 4.90 Å². The van der Waals surface area contributed by atoms with Crippen molar-refractivity contribution in [3.8, 4) is 0 Å². The van der Waals surface area contributed by atoms with E-state index in [0.29, 0.717) is 5.56 Å². The molecule has 0 saturated carbocycles. The largest absolute Gasteiger partial charge is 0.396 e. The maximum atomic E-state index is 10.5. The summed E-state index contributed by atoms with van der Waals surface area (Å²) in [4.78, 5) is 12.8. The number of aliphatic hydroxyl groups excluding tert-OH is 1. The first-order valence-corrected chi connectivity index (χ1v) is 5.73. The normalized spacial score (nSPS) is 10.1. The Morgan fingerprint density at radius 3 is 2.44 bits per heavy atom. The van der Waals surface area contributed by atoms with E-state index in [4.69, 9.17) is 5.11 Å². The zero-order chi connectivity index (χ0) is 11.8. The fourth-order valence-electron chi connectivity index (χ4n) is 1.67. The van der Waals surface area contributed by atoms with Crippen LogP contribution in [0.1, 0.15) is 30.1 Å². The molecule has 0 aliphatic heterocycles. The minimum absolute atomic E-state index is 0.215. The third-order valence-corrected chi connectivity index (χ3v) is 2.47. The van der Waals surface area contributed by atoms with Gasteiger partial charge in [0, 0.05) is 30.9 Å². The van der Waals surface area contributed by atoms with Crippen LogP contribution in [-0.4, -0.2) is 31.1 Å². The lowest BCUT2D eigenvalue weighted by atomic mass is 10.2. The maximum absolute atomic E-state index is 10.5. The van der Waals surface area contributed by atoms with Crippen LogP contribution in [0.25, 0.3) is 0 Å². The molecule has 1 aromatic carbocycles. The van der Waals surface area contributed by atoms with Gasteiger partial charge >= 0.3 is 0 Å². The Morgan fingerprint density at radius 1 is 1.25 bits per heavy atom. The summed E-state index contributed by atoms with van der Waals surface area (Å²) in [5, 5.41) is 8.84.